The first-order valence-corrected chi connectivity index (χ1v) is 28.2. The summed E-state index contributed by atoms with van der Waals surface area (Å²) >= 11 is 0. The zero-order valence-corrected chi connectivity index (χ0v) is 44.5. The maximum Gasteiger partial charge on any atom is 0.534 e. The topological polar surface area (TPSA) is 253 Å². The second-order valence-electron chi connectivity index (χ2n) is 18.0. The first-order valence-electron chi connectivity index (χ1n) is 24.0. The Balaban J connectivity index is 0.000000191. The first kappa shape index (κ1) is 65.8. The van der Waals surface area contributed by atoms with Crippen LogP contribution >= 0.6 is 0 Å². The fourth-order valence-electron chi connectivity index (χ4n) is 8.26. The quantitative estimate of drug-likeness (QED) is 0.0686. The van der Waals surface area contributed by atoms with E-state index in [2.05, 4.69) is 10.2 Å². The van der Waals surface area contributed by atoms with Gasteiger partial charge in [-0.2, -0.15) is 64.8 Å². The molecule has 0 spiro atoms. The molecule has 15 nitrogen and oxygen atoms in total. The zero-order valence-electron chi connectivity index (χ0n) is 42.0. The molecule has 0 saturated carbocycles. The summed E-state index contributed by atoms with van der Waals surface area (Å²) in [5.74, 6) is 0.999. The Morgan fingerprint density at radius 3 is 1.22 bits per heavy atom. The molecule has 0 aliphatic heterocycles. The van der Waals surface area contributed by atoms with Gasteiger partial charge in [0.25, 0.3) is 0 Å². The lowest BCUT2D eigenvalue weighted by molar-refractivity contribution is -0.0586. The average molecular weight is 1230 g/mol. The Hall–Kier alpha value is -8.01. The molecule has 0 amide bonds. The molecule has 7 aromatic carbocycles. The molecule has 0 saturated heterocycles. The Kier molecular flexibility index (Phi) is 21.0. The number of aromatic hydroxyl groups is 4. The van der Waals surface area contributed by atoms with E-state index in [0.29, 0.717) is 49.0 Å². The molecule has 444 valence electrons. The lowest BCUT2D eigenvalue weighted by Crippen LogP contribution is -2.34. The molecular formula is C56H49F9O15S3. The van der Waals surface area contributed by atoms with Crippen molar-refractivity contribution in [3.8, 4) is 51.0 Å². The van der Waals surface area contributed by atoms with Gasteiger partial charge in [0.05, 0.1) is 0 Å². The predicted molar refractivity (Wildman–Crippen MR) is 286 cm³/mol. The third-order valence-corrected chi connectivity index (χ3v) is 15.8. The van der Waals surface area contributed by atoms with Crippen molar-refractivity contribution in [2.24, 2.45) is 0 Å². The van der Waals surface area contributed by atoms with Gasteiger partial charge in [0.15, 0.2) is 17.3 Å². The summed E-state index contributed by atoms with van der Waals surface area (Å²) in [4.78, 5) is 34.6. The normalized spacial score (nSPS) is 14.2. The molecule has 0 aromatic heterocycles. The van der Waals surface area contributed by atoms with E-state index in [1.807, 2.05) is 70.4 Å². The number of aryl methyl sites for hydroxylation is 3. The van der Waals surface area contributed by atoms with Gasteiger partial charge in [-0.15, -0.1) is 3.63 Å². The van der Waals surface area contributed by atoms with Gasteiger partial charge in [-0.3, -0.25) is 14.4 Å². The van der Waals surface area contributed by atoms with Crippen molar-refractivity contribution in [2.45, 2.75) is 81.7 Å². The van der Waals surface area contributed by atoms with Crippen molar-refractivity contribution in [2.75, 3.05) is 0 Å². The maximum absolute atomic E-state index is 12.2. The van der Waals surface area contributed by atoms with Gasteiger partial charge in [0.1, 0.15) is 28.7 Å². The number of ketones is 3. The van der Waals surface area contributed by atoms with Crippen molar-refractivity contribution in [3.05, 3.63) is 173 Å². The molecular weight excluding hydrogens is 1180 g/mol. The van der Waals surface area contributed by atoms with Gasteiger partial charge < -0.3 is 24.6 Å². The molecule has 3 aliphatic carbocycles. The highest BCUT2D eigenvalue weighted by Crippen LogP contribution is 2.35. The van der Waals surface area contributed by atoms with Gasteiger partial charge in [0.2, 0.25) is 0 Å². The minimum absolute atomic E-state index is 0. The van der Waals surface area contributed by atoms with Gasteiger partial charge in [-0.1, -0.05) is 74.2 Å². The highest BCUT2D eigenvalue weighted by molar-refractivity contribution is 8.00. The van der Waals surface area contributed by atoms with E-state index in [1.54, 1.807) is 48.5 Å². The van der Waals surface area contributed by atoms with E-state index in [-0.39, 0.29) is 42.0 Å². The Morgan fingerprint density at radius 1 is 0.386 bits per heavy atom. The number of hydrogen-bond acceptors (Lipinski definition) is 15. The SMILES string of the molecule is C.O=C1CCCc2cc(-c3ccc(O)cc3)ccc21.O=C1CCCc2cc(O)ccc21.O=C1CCCc2cc(OS(=O)(=O)C(F)(F)F)ccc21.O=S(=O)(OS(=O)(=O)C(F)(F)F)C(F)(F)F.Oc1ccc(-c2ccc3c(O)cccc3c2)cc1. The highest BCUT2D eigenvalue weighted by Gasteiger charge is 2.57. The standard InChI is InChI=1S/C16H14O2.C16H12O2.C11H9F3O4S.C10H10O2.C2F6O5S2.CH4/c2*17-14-7-4-11(5-8-14)12-6-9-15-13(10-12)2-1-3-16(15)18;12-11(13,14)19(16,17)18-8-4-5-9-7(6-8)2-1-3-10(9)15;11-8-4-5-9-7(6-8)2-1-3-10(9)12;3-1(4,5)14(9,10)13-15(11,12)2(6,7)8;/h4-10,17H,1-3H2;1-10,17-18H;4-6H,1-3H2;4-6,11H,1-3H2;;1H4. The summed E-state index contributed by atoms with van der Waals surface area (Å²) in [6.45, 7) is 0. The van der Waals surface area contributed by atoms with Crippen LogP contribution in [0.4, 0.5) is 39.5 Å². The van der Waals surface area contributed by atoms with E-state index in [0.717, 1.165) is 93.1 Å². The number of phenolic OH excluding ortho intramolecular Hbond substituents is 4. The van der Waals surface area contributed by atoms with Crippen LogP contribution in [0.25, 0.3) is 33.0 Å². The lowest BCUT2D eigenvalue weighted by atomic mass is 9.88. The molecule has 10 rings (SSSR count). The van der Waals surface area contributed by atoms with Gasteiger partial charge in [-0.05, 0) is 156 Å². The fourth-order valence-corrected chi connectivity index (χ4v) is 10.3. The Bertz CT molecular complexity index is 3810. The molecule has 27 heteroatoms. The van der Waals surface area contributed by atoms with Crippen LogP contribution in [0.5, 0.6) is 28.7 Å². The van der Waals surface area contributed by atoms with Crippen LogP contribution in [0, 0.1) is 0 Å². The van der Waals surface area contributed by atoms with Gasteiger partial charge >= 0.3 is 46.9 Å². The van der Waals surface area contributed by atoms with Crippen LogP contribution in [0.1, 0.15) is 93.7 Å². The minimum atomic E-state index is -6.85. The third kappa shape index (κ3) is 17.0. The monoisotopic (exact) mass is 1230 g/mol. The molecule has 4 N–H and O–H groups in total. The maximum atomic E-state index is 12.2. The smallest absolute Gasteiger partial charge is 0.508 e. The number of rotatable bonds is 6. The van der Waals surface area contributed by atoms with Crippen LogP contribution < -0.4 is 4.18 Å². The average Bonchev–Trinajstić information content (AvgIpc) is 3.55. The Morgan fingerprint density at radius 2 is 0.759 bits per heavy atom. The summed E-state index contributed by atoms with van der Waals surface area (Å²) in [7, 11) is -19.4. The summed E-state index contributed by atoms with van der Waals surface area (Å²) in [6, 6.07) is 40.1. The number of benzene rings is 7. The van der Waals surface area contributed by atoms with Crippen molar-refractivity contribution >= 4 is 58.5 Å². The number of Topliss-reactive ketones (excluding diaryl/α,β-unsaturated/α-hetero) is 3. The van der Waals surface area contributed by atoms with Gasteiger partial charge in [-0.25, -0.2) is 0 Å². The number of halogens is 9. The first-order chi connectivity index (χ1) is 38.2. The van der Waals surface area contributed by atoms with Gasteiger partial charge in [0, 0.05) is 41.3 Å². The summed E-state index contributed by atoms with van der Waals surface area (Å²) in [6.07, 6.45) is 6.55. The van der Waals surface area contributed by atoms with Crippen LogP contribution in [-0.2, 0) is 53.2 Å². The number of alkyl halides is 9. The van der Waals surface area contributed by atoms with Crippen LogP contribution in [-0.4, -0.2) is 79.6 Å². The number of phenols is 4. The predicted octanol–water partition coefficient (Wildman–Crippen LogP) is 13.2. The molecule has 0 fully saturated rings. The molecule has 0 heterocycles. The van der Waals surface area contributed by atoms with Crippen LogP contribution in [0.2, 0.25) is 0 Å². The fraction of sp³-hybridized carbons (Fsp3) is 0.232. The molecule has 0 unspecified atom stereocenters. The molecule has 3 aliphatic rings. The second kappa shape index (κ2) is 26.5. The van der Waals surface area contributed by atoms with E-state index in [4.69, 9.17) is 5.11 Å². The number of fused-ring (bicyclic) bond motifs is 4. The summed E-state index contributed by atoms with van der Waals surface area (Å²) in [5, 5.41) is 39.3. The van der Waals surface area contributed by atoms with Crippen molar-refractivity contribution < 1.29 is 107 Å². The summed E-state index contributed by atoms with van der Waals surface area (Å²) < 4.78 is 172. The van der Waals surface area contributed by atoms with Crippen molar-refractivity contribution in [3.63, 3.8) is 0 Å². The number of hydrogen-bond donors (Lipinski definition) is 4. The second-order valence-corrected chi connectivity index (χ2v) is 22.8. The largest absolute Gasteiger partial charge is 0.534 e. The van der Waals surface area contributed by atoms with Crippen LogP contribution in [0.3, 0.4) is 0 Å². The van der Waals surface area contributed by atoms with Crippen molar-refractivity contribution in [1.29, 1.82) is 0 Å². The summed E-state index contributed by atoms with van der Waals surface area (Å²) in [5.41, 5.74) is -9.00. The van der Waals surface area contributed by atoms with Crippen molar-refractivity contribution in [1.82, 2.24) is 0 Å². The molecule has 0 radical (unpaired) electrons. The minimum Gasteiger partial charge on any atom is -0.508 e. The molecule has 83 heavy (non-hydrogen) atoms. The zero-order chi connectivity index (χ0) is 60.6. The molecule has 7 aromatic rings. The molecule has 0 bridgehead atoms. The number of carbonyl (C=O) groups excluding carboxylic acids is 3. The Labute approximate surface area is 469 Å². The number of carbonyl (C=O) groups is 3. The van der Waals surface area contributed by atoms with E-state index in [1.165, 1.54) is 6.07 Å². The van der Waals surface area contributed by atoms with E-state index in [9.17, 15) is 94.5 Å². The van der Waals surface area contributed by atoms with E-state index >= 15 is 0 Å². The third-order valence-electron chi connectivity index (χ3n) is 12.2. The van der Waals surface area contributed by atoms with E-state index < -0.39 is 52.6 Å². The molecule has 0 atom stereocenters. The lowest BCUT2D eigenvalue weighted by Gasteiger charge is -2.16. The highest BCUT2D eigenvalue weighted by atomic mass is 32.3. The van der Waals surface area contributed by atoms with Crippen LogP contribution in [0.15, 0.2) is 140 Å².